The lowest BCUT2D eigenvalue weighted by atomic mass is 10.1. The second-order valence-corrected chi connectivity index (χ2v) is 8.81. The Labute approximate surface area is 206 Å². The third kappa shape index (κ3) is 6.28. The third-order valence-electron chi connectivity index (χ3n) is 5.55. The van der Waals surface area contributed by atoms with Gasteiger partial charge in [0, 0.05) is 41.2 Å². The summed E-state index contributed by atoms with van der Waals surface area (Å²) in [6, 6.07) is 4.99. The van der Waals surface area contributed by atoms with Crippen LogP contribution in [0.4, 0.5) is 0 Å². The van der Waals surface area contributed by atoms with Gasteiger partial charge >= 0.3 is 11.7 Å². The normalized spacial score (nSPS) is 19.7. The standard InChI is InChI=1S/C23H27Cl2N3O6/c1-3-6-21(30)34-17-10-20(28-12-13(4-2)22(31)27-23(28)32)33-18(17)11-26-19(29)9-14-15(24)7-5-8-16(14)25/h5,7-8,12,17-18,20H,3-4,6,9-11H2,1-2H3,(H,26,29)(H,27,31,32)/t17-,18+,20+/m0/s1. The molecule has 0 unspecified atom stereocenters. The molecule has 2 N–H and O–H groups in total. The van der Waals surface area contributed by atoms with E-state index in [4.69, 9.17) is 32.7 Å². The predicted molar refractivity (Wildman–Crippen MR) is 127 cm³/mol. The molecule has 0 aliphatic carbocycles. The molecule has 1 aromatic heterocycles. The first-order valence-corrected chi connectivity index (χ1v) is 11.9. The van der Waals surface area contributed by atoms with E-state index in [2.05, 4.69) is 10.3 Å². The average molecular weight is 512 g/mol. The Hall–Kier alpha value is -2.62. The van der Waals surface area contributed by atoms with Crippen LogP contribution in [0.3, 0.4) is 0 Å². The van der Waals surface area contributed by atoms with E-state index in [0.29, 0.717) is 34.0 Å². The van der Waals surface area contributed by atoms with Gasteiger partial charge in [0.1, 0.15) is 18.4 Å². The lowest BCUT2D eigenvalue weighted by Crippen LogP contribution is -2.39. The van der Waals surface area contributed by atoms with E-state index in [1.807, 2.05) is 6.92 Å². The first-order valence-electron chi connectivity index (χ1n) is 11.1. The fraction of sp³-hybridized carbons (Fsp3) is 0.478. The van der Waals surface area contributed by atoms with Crippen LogP contribution in [0.1, 0.15) is 50.5 Å². The monoisotopic (exact) mass is 511 g/mol. The molecule has 1 aliphatic rings. The Balaban J connectivity index is 1.74. The van der Waals surface area contributed by atoms with E-state index in [9.17, 15) is 19.2 Å². The molecule has 9 nitrogen and oxygen atoms in total. The molecule has 3 atom stereocenters. The highest BCUT2D eigenvalue weighted by Gasteiger charge is 2.39. The van der Waals surface area contributed by atoms with Crippen LogP contribution in [0.25, 0.3) is 0 Å². The van der Waals surface area contributed by atoms with Crippen LogP contribution in [0.15, 0.2) is 34.0 Å². The minimum absolute atomic E-state index is 0.0335. The summed E-state index contributed by atoms with van der Waals surface area (Å²) in [6.45, 7) is 3.70. The Bertz CT molecular complexity index is 1140. The van der Waals surface area contributed by atoms with Gasteiger partial charge in [-0.15, -0.1) is 0 Å². The molecule has 184 valence electrons. The van der Waals surface area contributed by atoms with Crippen molar-refractivity contribution in [1.82, 2.24) is 14.9 Å². The molecule has 0 spiro atoms. The third-order valence-corrected chi connectivity index (χ3v) is 6.26. The first kappa shape index (κ1) is 26.0. The Morgan fingerprint density at radius 3 is 2.59 bits per heavy atom. The highest BCUT2D eigenvalue weighted by atomic mass is 35.5. The number of aromatic nitrogens is 2. The SMILES string of the molecule is CCCC(=O)O[C@H]1C[C@H](n2cc(CC)c(=O)[nH]c2=O)O[C@@H]1CNC(=O)Cc1c(Cl)cccc1Cl. The van der Waals surface area contributed by atoms with E-state index in [0.717, 1.165) is 0 Å². The molecule has 1 amide bonds. The van der Waals surface area contributed by atoms with Crippen LogP contribution in [0, 0.1) is 0 Å². The lowest BCUT2D eigenvalue weighted by molar-refractivity contribution is -0.151. The minimum Gasteiger partial charge on any atom is -0.459 e. The molecule has 0 bridgehead atoms. The summed E-state index contributed by atoms with van der Waals surface area (Å²) < 4.78 is 12.9. The van der Waals surface area contributed by atoms with Gasteiger partial charge in [0.25, 0.3) is 5.56 Å². The van der Waals surface area contributed by atoms with Gasteiger partial charge in [-0.05, 0) is 30.5 Å². The molecule has 11 heteroatoms. The minimum atomic E-state index is -0.769. The van der Waals surface area contributed by atoms with Crippen LogP contribution in [-0.4, -0.2) is 40.2 Å². The number of hydrogen-bond acceptors (Lipinski definition) is 6. The largest absolute Gasteiger partial charge is 0.459 e. The first-order chi connectivity index (χ1) is 16.2. The average Bonchev–Trinajstić information content (AvgIpc) is 3.17. The quantitative estimate of drug-likeness (QED) is 0.499. The number of halogens is 2. The molecule has 0 saturated carbocycles. The van der Waals surface area contributed by atoms with Crippen molar-refractivity contribution in [3.63, 3.8) is 0 Å². The Morgan fingerprint density at radius 2 is 1.94 bits per heavy atom. The van der Waals surface area contributed by atoms with Crippen LogP contribution < -0.4 is 16.6 Å². The molecule has 0 radical (unpaired) electrons. The maximum absolute atomic E-state index is 12.5. The molecule has 3 rings (SSSR count). The number of rotatable bonds is 9. The summed E-state index contributed by atoms with van der Waals surface area (Å²) in [5.74, 6) is -0.728. The van der Waals surface area contributed by atoms with E-state index >= 15 is 0 Å². The number of nitrogens with one attached hydrogen (secondary N) is 2. The molecule has 1 aromatic carbocycles. The maximum atomic E-state index is 12.5. The zero-order valence-electron chi connectivity index (χ0n) is 18.9. The van der Waals surface area contributed by atoms with Gasteiger partial charge in [0.2, 0.25) is 5.91 Å². The van der Waals surface area contributed by atoms with Gasteiger partial charge in [-0.3, -0.25) is 23.9 Å². The zero-order valence-corrected chi connectivity index (χ0v) is 20.4. The van der Waals surface area contributed by atoms with Gasteiger partial charge in [-0.25, -0.2) is 4.79 Å². The van der Waals surface area contributed by atoms with Crippen LogP contribution >= 0.6 is 23.2 Å². The van der Waals surface area contributed by atoms with Crippen molar-refractivity contribution in [2.75, 3.05) is 6.54 Å². The predicted octanol–water partition coefficient (Wildman–Crippen LogP) is 2.76. The van der Waals surface area contributed by atoms with Crippen molar-refractivity contribution in [2.45, 2.75) is 64.4 Å². The second-order valence-electron chi connectivity index (χ2n) is 8.00. The van der Waals surface area contributed by atoms with Crippen LogP contribution in [-0.2, 0) is 31.9 Å². The number of nitrogens with zero attached hydrogens (tertiary/aromatic N) is 1. The number of aromatic amines is 1. The summed E-state index contributed by atoms with van der Waals surface area (Å²) in [7, 11) is 0. The molecule has 2 aromatic rings. The van der Waals surface area contributed by atoms with Crippen LogP contribution in [0.2, 0.25) is 10.0 Å². The maximum Gasteiger partial charge on any atom is 0.330 e. The number of aryl methyl sites for hydroxylation is 1. The highest BCUT2D eigenvalue weighted by Crippen LogP contribution is 2.30. The van der Waals surface area contributed by atoms with Crippen molar-refractivity contribution in [2.24, 2.45) is 0 Å². The van der Waals surface area contributed by atoms with Crippen LogP contribution in [0.5, 0.6) is 0 Å². The number of ether oxygens (including phenoxy) is 2. The van der Waals surface area contributed by atoms with Crippen molar-refractivity contribution in [3.05, 3.63) is 66.4 Å². The number of H-pyrrole nitrogens is 1. The molecule has 1 fully saturated rings. The highest BCUT2D eigenvalue weighted by molar-refractivity contribution is 6.36. The number of esters is 1. The Morgan fingerprint density at radius 1 is 1.24 bits per heavy atom. The number of benzene rings is 1. The second kappa shape index (κ2) is 11.7. The number of amides is 1. The summed E-state index contributed by atoms with van der Waals surface area (Å²) >= 11 is 12.3. The molecular formula is C23H27Cl2N3O6. The zero-order chi connectivity index (χ0) is 24.8. The summed E-state index contributed by atoms with van der Waals surface area (Å²) in [4.78, 5) is 51.3. The van der Waals surface area contributed by atoms with E-state index in [1.54, 1.807) is 25.1 Å². The number of carbonyl (C=O) groups is 2. The lowest BCUT2D eigenvalue weighted by Gasteiger charge is -2.19. The Kier molecular flexibility index (Phi) is 8.93. The van der Waals surface area contributed by atoms with Gasteiger partial charge in [0.05, 0.1) is 6.42 Å². The molecule has 1 saturated heterocycles. The smallest absolute Gasteiger partial charge is 0.330 e. The van der Waals surface area contributed by atoms with Crippen molar-refractivity contribution >= 4 is 35.1 Å². The molecular weight excluding hydrogens is 485 g/mol. The molecule has 34 heavy (non-hydrogen) atoms. The van der Waals surface area contributed by atoms with E-state index in [-0.39, 0.29) is 37.7 Å². The van der Waals surface area contributed by atoms with Gasteiger partial charge in [0.15, 0.2) is 0 Å². The summed E-state index contributed by atoms with van der Waals surface area (Å²) in [6.07, 6.45) is 0.763. The van der Waals surface area contributed by atoms with Crippen molar-refractivity contribution < 1.29 is 19.1 Å². The molecule has 1 aliphatic heterocycles. The van der Waals surface area contributed by atoms with Gasteiger partial charge < -0.3 is 14.8 Å². The van der Waals surface area contributed by atoms with E-state index in [1.165, 1.54) is 10.8 Å². The topological polar surface area (TPSA) is 119 Å². The van der Waals surface area contributed by atoms with Crippen molar-refractivity contribution in [1.29, 1.82) is 0 Å². The van der Waals surface area contributed by atoms with Gasteiger partial charge in [-0.1, -0.05) is 43.1 Å². The number of hydrogen-bond donors (Lipinski definition) is 2. The fourth-order valence-electron chi connectivity index (χ4n) is 3.74. The van der Waals surface area contributed by atoms with E-state index < -0.39 is 29.7 Å². The molecule has 2 heterocycles. The number of carbonyl (C=O) groups excluding carboxylic acids is 2. The summed E-state index contributed by atoms with van der Waals surface area (Å²) in [5, 5.41) is 3.53. The summed E-state index contributed by atoms with van der Waals surface area (Å²) in [5.41, 5.74) is -0.138. The van der Waals surface area contributed by atoms with Crippen molar-refractivity contribution in [3.8, 4) is 0 Å². The fourth-order valence-corrected chi connectivity index (χ4v) is 4.27. The van der Waals surface area contributed by atoms with Gasteiger partial charge in [-0.2, -0.15) is 0 Å².